The third-order valence-corrected chi connectivity index (χ3v) is 5.03. The lowest BCUT2D eigenvalue weighted by atomic mass is 10.1. The van der Waals surface area contributed by atoms with Gasteiger partial charge in [0.1, 0.15) is 11.5 Å². The van der Waals surface area contributed by atoms with E-state index in [1.54, 1.807) is 6.07 Å². The number of hydrogen-bond acceptors (Lipinski definition) is 4. The van der Waals surface area contributed by atoms with Crippen molar-refractivity contribution in [3.8, 4) is 11.4 Å². The number of nitrogens with zero attached hydrogens (tertiary/aromatic N) is 3. The quantitative estimate of drug-likeness (QED) is 0.714. The normalized spacial score (nSPS) is 14.7. The first-order valence-corrected chi connectivity index (χ1v) is 9.76. The Morgan fingerprint density at radius 3 is 2.29 bits per heavy atom. The van der Waals surface area contributed by atoms with E-state index in [0.717, 1.165) is 37.1 Å². The molecule has 5 nitrogen and oxygen atoms in total. The number of carbonyl (C=O) groups is 1. The second-order valence-electron chi connectivity index (χ2n) is 7.10. The predicted molar refractivity (Wildman–Crippen MR) is 111 cm³/mol. The number of hydrogen-bond donors (Lipinski definition) is 1. The molecule has 0 saturated carbocycles. The number of benzene rings is 2. The monoisotopic (exact) mass is 372 g/mol. The highest BCUT2D eigenvalue weighted by Gasteiger charge is 2.22. The molecule has 1 amide bonds. The minimum absolute atomic E-state index is 0.0208. The number of anilines is 1. The van der Waals surface area contributed by atoms with Gasteiger partial charge >= 0.3 is 0 Å². The number of amides is 1. The van der Waals surface area contributed by atoms with Gasteiger partial charge in [-0.1, -0.05) is 60.7 Å². The van der Waals surface area contributed by atoms with Crippen LogP contribution in [0, 0.1) is 0 Å². The average molecular weight is 372 g/mol. The highest BCUT2D eigenvalue weighted by Crippen LogP contribution is 2.23. The third-order valence-electron chi connectivity index (χ3n) is 5.03. The van der Waals surface area contributed by atoms with Crippen molar-refractivity contribution in [1.29, 1.82) is 0 Å². The molecule has 0 bridgehead atoms. The van der Waals surface area contributed by atoms with Gasteiger partial charge in [-0.2, -0.15) is 0 Å². The molecule has 1 aliphatic rings. The van der Waals surface area contributed by atoms with Gasteiger partial charge < -0.3 is 10.2 Å². The number of aromatic nitrogens is 2. The number of rotatable bonds is 5. The molecule has 1 fully saturated rings. The van der Waals surface area contributed by atoms with Crippen molar-refractivity contribution in [3.05, 3.63) is 78.0 Å². The van der Waals surface area contributed by atoms with Crippen LogP contribution in [-0.2, 0) is 0 Å². The fourth-order valence-electron chi connectivity index (χ4n) is 3.48. The molecule has 5 heteroatoms. The van der Waals surface area contributed by atoms with Gasteiger partial charge in [0.2, 0.25) is 0 Å². The van der Waals surface area contributed by atoms with Crippen molar-refractivity contribution in [2.45, 2.75) is 25.8 Å². The molecule has 0 spiro atoms. The summed E-state index contributed by atoms with van der Waals surface area (Å²) < 4.78 is 0. The van der Waals surface area contributed by atoms with Crippen molar-refractivity contribution in [2.75, 3.05) is 18.4 Å². The lowest BCUT2D eigenvalue weighted by Crippen LogP contribution is -2.28. The summed E-state index contributed by atoms with van der Waals surface area (Å²) >= 11 is 0. The summed E-state index contributed by atoms with van der Waals surface area (Å²) in [6, 6.07) is 21.8. The molecule has 1 atom stereocenters. The SMILES string of the molecule is CC(Nc1cc(C(=O)N2CCCC2)nc(-c2ccccc2)n1)c1ccccc1. The average Bonchev–Trinajstić information content (AvgIpc) is 3.29. The van der Waals surface area contributed by atoms with Crippen LogP contribution < -0.4 is 5.32 Å². The molecule has 0 aliphatic carbocycles. The molecule has 1 unspecified atom stereocenters. The Kier molecular flexibility index (Phi) is 5.33. The zero-order valence-corrected chi connectivity index (χ0v) is 16.0. The number of likely N-dealkylation sites (tertiary alicyclic amines) is 1. The van der Waals surface area contributed by atoms with Gasteiger partial charge in [-0.3, -0.25) is 4.79 Å². The van der Waals surface area contributed by atoms with E-state index in [4.69, 9.17) is 0 Å². The Morgan fingerprint density at radius 1 is 0.964 bits per heavy atom. The van der Waals surface area contributed by atoms with Gasteiger partial charge in [-0.05, 0) is 25.3 Å². The molecule has 1 aliphatic heterocycles. The van der Waals surface area contributed by atoms with E-state index in [1.807, 2.05) is 53.4 Å². The van der Waals surface area contributed by atoms with Crippen LogP contribution in [0.15, 0.2) is 66.7 Å². The van der Waals surface area contributed by atoms with Crippen LogP contribution in [0.25, 0.3) is 11.4 Å². The van der Waals surface area contributed by atoms with Crippen LogP contribution in [0.3, 0.4) is 0 Å². The second kappa shape index (κ2) is 8.21. The molecule has 142 valence electrons. The van der Waals surface area contributed by atoms with Crippen molar-refractivity contribution in [3.63, 3.8) is 0 Å². The summed E-state index contributed by atoms with van der Waals surface area (Å²) in [7, 11) is 0. The van der Waals surface area contributed by atoms with Crippen molar-refractivity contribution in [2.24, 2.45) is 0 Å². The Labute approximate surface area is 165 Å². The molecule has 28 heavy (non-hydrogen) atoms. The Morgan fingerprint density at radius 2 is 1.61 bits per heavy atom. The van der Waals surface area contributed by atoms with Gasteiger partial charge in [0, 0.05) is 30.8 Å². The zero-order valence-electron chi connectivity index (χ0n) is 16.0. The van der Waals surface area contributed by atoms with E-state index in [2.05, 4.69) is 34.3 Å². The molecule has 1 aromatic heterocycles. The van der Waals surface area contributed by atoms with Crippen LogP contribution in [0.1, 0.15) is 41.9 Å². The maximum Gasteiger partial charge on any atom is 0.272 e. The molecule has 1 N–H and O–H groups in total. The predicted octanol–water partition coefficient (Wildman–Crippen LogP) is 4.55. The maximum absolute atomic E-state index is 12.9. The standard InChI is InChI=1S/C23H24N4O/c1-17(18-10-4-2-5-11-18)24-21-16-20(23(28)27-14-8-9-15-27)25-22(26-21)19-12-6-3-7-13-19/h2-7,10-13,16-17H,8-9,14-15H2,1H3,(H,24,25,26). The smallest absolute Gasteiger partial charge is 0.272 e. The van der Waals surface area contributed by atoms with E-state index in [9.17, 15) is 4.79 Å². The van der Waals surface area contributed by atoms with Gasteiger partial charge in [-0.15, -0.1) is 0 Å². The summed E-state index contributed by atoms with van der Waals surface area (Å²) in [5, 5.41) is 3.43. The van der Waals surface area contributed by atoms with Crippen molar-refractivity contribution >= 4 is 11.7 Å². The summed E-state index contributed by atoms with van der Waals surface area (Å²) in [5.74, 6) is 1.20. The Balaban J connectivity index is 1.68. The van der Waals surface area contributed by atoms with Gasteiger partial charge in [0.05, 0.1) is 0 Å². The summed E-state index contributed by atoms with van der Waals surface area (Å²) in [5.41, 5.74) is 2.50. The molecule has 2 heterocycles. The highest BCUT2D eigenvalue weighted by molar-refractivity contribution is 5.93. The second-order valence-corrected chi connectivity index (χ2v) is 7.10. The number of carbonyl (C=O) groups excluding carboxylic acids is 1. The first-order chi connectivity index (χ1) is 13.7. The van der Waals surface area contributed by atoms with Crippen molar-refractivity contribution < 1.29 is 4.79 Å². The lowest BCUT2D eigenvalue weighted by Gasteiger charge is -2.18. The van der Waals surface area contributed by atoms with E-state index >= 15 is 0 Å². The molecular formula is C23H24N4O. The van der Waals surface area contributed by atoms with Crippen LogP contribution in [0.4, 0.5) is 5.82 Å². The Bertz CT molecular complexity index is 937. The van der Waals surface area contributed by atoms with Crippen LogP contribution in [-0.4, -0.2) is 33.9 Å². The van der Waals surface area contributed by atoms with E-state index in [0.29, 0.717) is 17.3 Å². The summed E-state index contributed by atoms with van der Waals surface area (Å²) in [4.78, 5) is 24.1. The fraction of sp³-hybridized carbons (Fsp3) is 0.261. The molecule has 1 saturated heterocycles. The minimum atomic E-state index is -0.0208. The highest BCUT2D eigenvalue weighted by atomic mass is 16.2. The van der Waals surface area contributed by atoms with Gasteiger partial charge in [-0.25, -0.2) is 9.97 Å². The largest absolute Gasteiger partial charge is 0.363 e. The van der Waals surface area contributed by atoms with Gasteiger partial charge in [0.25, 0.3) is 5.91 Å². The molecule has 3 aromatic rings. The first kappa shape index (κ1) is 18.2. The van der Waals surface area contributed by atoms with Crippen LogP contribution in [0.2, 0.25) is 0 Å². The van der Waals surface area contributed by atoms with Crippen LogP contribution in [0.5, 0.6) is 0 Å². The lowest BCUT2D eigenvalue weighted by molar-refractivity contribution is 0.0787. The summed E-state index contributed by atoms with van der Waals surface area (Å²) in [6.07, 6.45) is 2.11. The van der Waals surface area contributed by atoms with Crippen LogP contribution >= 0.6 is 0 Å². The van der Waals surface area contributed by atoms with Crippen molar-refractivity contribution in [1.82, 2.24) is 14.9 Å². The molecular weight excluding hydrogens is 348 g/mol. The first-order valence-electron chi connectivity index (χ1n) is 9.76. The van der Waals surface area contributed by atoms with Gasteiger partial charge in [0.15, 0.2) is 5.82 Å². The Hall–Kier alpha value is -3.21. The third kappa shape index (κ3) is 4.03. The minimum Gasteiger partial charge on any atom is -0.363 e. The molecule has 0 radical (unpaired) electrons. The summed E-state index contributed by atoms with van der Waals surface area (Å²) in [6.45, 7) is 3.68. The van der Waals surface area contributed by atoms with E-state index in [1.165, 1.54) is 0 Å². The maximum atomic E-state index is 12.9. The number of nitrogens with one attached hydrogen (secondary N) is 1. The van der Waals surface area contributed by atoms with E-state index < -0.39 is 0 Å². The molecule has 2 aromatic carbocycles. The molecule has 4 rings (SSSR count). The fourth-order valence-corrected chi connectivity index (χ4v) is 3.48. The van der Waals surface area contributed by atoms with E-state index in [-0.39, 0.29) is 11.9 Å². The topological polar surface area (TPSA) is 58.1 Å². The zero-order chi connectivity index (χ0) is 19.3.